The number of Topliss-reactive ketones (excluding diaryl/α,β-unsaturated/α-hetero) is 1. The van der Waals surface area contributed by atoms with Gasteiger partial charge in [0.1, 0.15) is 5.75 Å². The van der Waals surface area contributed by atoms with Gasteiger partial charge in [-0.2, -0.15) is 0 Å². The molecule has 5 nitrogen and oxygen atoms in total. The van der Waals surface area contributed by atoms with Crippen LogP contribution in [0.3, 0.4) is 0 Å². The predicted molar refractivity (Wildman–Crippen MR) is 120 cm³/mol. The van der Waals surface area contributed by atoms with Crippen molar-refractivity contribution < 1.29 is 14.3 Å². The Labute approximate surface area is 183 Å². The topological polar surface area (TPSA) is 58.6 Å². The second-order valence-corrected chi connectivity index (χ2v) is 8.39. The second-order valence-electron chi connectivity index (χ2n) is 8.39. The summed E-state index contributed by atoms with van der Waals surface area (Å²) in [5.41, 5.74) is 2.13. The van der Waals surface area contributed by atoms with Crippen LogP contribution >= 0.6 is 0 Å². The van der Waals surface area contributed by atoms with E-state index in [1.165, 1.54) is 12.8 Å². The average molecular weight is 417 g/mol. The summed E-state index contributed by atoms with van der Waals surface area (Å²) in [7, 11) is 0. The molecular weight excluding hydrogens is 388 g/mol. The molecule has 0 aromatic heterocycles. The van der Waals surface area contributed by atoms with Crippen LogP contribution in [0.1, 0.15) is 47.2 Å². The van der Waals surface area contributed by atoms with Gasteiger partial charge in [0.2, 0.25) is 5.78 Å². The van der Waals surface area contributed by atoms with Crippen LogP contribution < -0.4 is 10.1 Å². The van der Waals surface area contributed by atoms with Gasteiger partial charge in [-0.3, -0.25) is 9.59 Å². The van der Waals surface area contributed by atoms with Crippen LogP contribution in [0.2, 0.25) is 0 Å². The van der Waals surface area contributed by atoms with Crippen LogP contribution in [0.5, 0.6) is 5.75 Å². The van der Waals surface area contributed by atoms with Crippen molar-refractivity contribution in [3.8, 4) is 18.1 Å². The summed E-state index contributed by atoms with van der Waals surface area (Å²) in [6.45, 7) is 2.79. The number of ether oxygens (including phenoxy) is 1. The molecule has 160 valence electrons. The van der Waals surface area contributed by atoms with Crippen molar-refractivity contribution in [3.63, 3.8) is 0 Å². The fourth-order valence-electron chi connectivity index (χ4n) is 3.90. The van der Waals surface area contributed by atoms with Gasteiger partial charge in [-0.25, -0.2) is 0 Å². The minimum Gasteiger partial charge on any atom is -0.490 e. The van der Waals surface area contributed by atoms with Crippen LogP contribution in [0, 0.1) is 12.3 Å². The number of hydrogen-bond acceptors (Lipinski definition) is 4. The lowest BCUT2D eigenvalue weighted by Crippen LogP contribution is -2.46. The summed E-state index contributed by atoms with van der Waals surface area (Å²) in [6.07, 6.45) is 11.0. The molecule has 1 amide bonds. The third-order valence-electron chi connectivity index (χ3n) is 5.77. The van der Waals surface area contributed by atoms with Crippen LogP contribution in [-0.4, -0.2) is 48.4 Å². The Morgan fingerprint density at radius 3 is 2.35 bits per heavy atom. The first-order valence-electron chi connectivity index (χ1n) is 11.0. The van der Waals surface area contributed by atoms with E-state index >= 15 is 0 Å². The molecule has 1 saturated carbocycles. The first-order chi connectivity index (χ1) is 15.1. The lowest BCUT2D eigenvalue weighted by atomic mass is 10.0. The highest BCUT2D eigenvalue weighted by atomic mass is 16.5. The molecule has 5 heteroatoms. The van der Waals surface area contributed by atoms with Gasteiger partial charge in [0.15, 0.2) is 0 Å². The van der Waals surface area contributed by atoms with Crippen molar-refractivity contribution in [3.05, 3.63) is 65.2 Å². The first-order valence-corrected chi connectivity index (χ1v) is 11.0. The van der Waals surface area contributed by atoms with E-state index in [1.54, 1.807) is 24.3 Å². The largest absolute Gasteiger partial charge is 0.490 e. The number of amides is 1. The Kier molecular flexibility index (Phi) is 6.69. The Morgan fingerprint density at radius 2 is 1.74 bits per heavy atom. The molecule has 1 saturated heterocycles. The number of terminal acetylenes is 1. The summed E-state index contributed by atoms with van der Waals surface area (Å²) in [4.78, 5) is 27.7. The monoisotopic (exact) mass is 416 g/mol. The van der Waals surface area contributed by atoms with Crippen molar-refractivity contribution in [1.82, 2.24) is 10.2 Å². The number of nitrogens with one attached hydrogen (secondary N) is 1. The van der Waals surface area contributed by atoms with E-state index in [4.69, 9.17) is 11.2 Å². The zero-order valence-corrected chi connectivity index (χ0v) is 17.7. The number of benzene rings is 2. The molecule has 1 unspecified atom stereocenters. The number of rotatable bonds is 9. The van der Waals surface area contributed by atoms with E-state index in [-0.39, 0.29) is 6.04 Å². The second kappa shape index (κ2) is 9.80. The molecule has 1 aliphatic heterocycles. The molecule has 1 aliphatic carbocycles. The number of hydrogen-bond donors (Lipinski definition) is 1. The van der Waals surface area contributed by atoms with Gasteiger partial charge < -0.3 is 15.0 Å². The van der Waals surface area contributed by atoms with Gasteiger partial charge in [-0.05, 0) is 87.2 Å². The predicted octanol–water partition coefficient (Wildman–Crippen LogP) is 3.22. The number of ketones is 1. The zero-order chi connectivity index (χ0) is 21.6. The fourth-order valence-corrected chi connectivity index (χ4v) is 3.90. The molecule has 31 heavy (non-hydrogen) atoms. The normalized spacial score (nSPS) is 17.0. The Bertz CT molecular complexity index is 950. The standard InChI is InChI=1S/C26H28N2O3/c1-2-19-5-9-21(10-6-19)25(29)26(30)27-22(18-28-15-3-4-16-28)17-20-7-11-23(12-8-20)31-24-13-14-24/h1,5-12,22,24H,3-4,13-18H2,(H,27,30). The van der Waals surface area contributed by atoms with Gasteiger partial charge in [0.05, 0.1) is 6.10 Å². The SMILES string of the molecule is C#Cc1ccc(C(=O)C(=O)NC(Cc2ccc(OC3CC3)cc2)CN2CCCC2)cc1. The van der Waals surface area contributed by atoms with Crippen molar-refractivity contribution in [2.75, 3.05) is 19.6 Å². The van der Waals surface area contributed by atoms with E-state index in [2.05, 4.69) is 16.1 Å². The van der Waals surface area contributed by atoms with Crippen LogP contribution in [-0.2, 0) is 11.2 Å². The van der Waals surface area contributed by atoms with E-state index in [9.17, 15) is 9.59 Å². The van der Waals surface area contributed by atoms with Crippen molar-refractivity contribution in [2.24, 2.45) is 0 Å². The molecule has 1 atom stereocenters. The lowest BCUT2D eigenvalue weighted by molar-refractivity contribution is -0.117. The molecule has 1 heterocycles. The zero-order valence-electron chi connectivity index (χ0n) is 17.7. The molecule has 0 bridgehead atoms. The highest BCUT2D eigenvalue weighted by molar-refractivity contribution is 6.42. The van der Waals surface area contributed by atoms with Gasteiger partial charge in [0, 0.05) is 23.7 Å². The summed E-state index contributed by atoms with van der Waals surface area (Å²) in [5.74, 6) is 2.28. The Hall–Kier alpha value is -3.10. The molecule has 2 fully saturated rings. The molecule has 2 aliphatic rings. The van der Waals surface area contributed by atoms with Crippen LogP contribution in [0.4, 0.5) is 0 Å². The quantitative estimate of drug-likeness (QED) is 0.387. The number of nitrogens with zero attached hydrogens (tertiary/aromatic N) is 1. The minimum absolute atomic E-state index is 0.144. The third-order valence-corrected chi connectivity index (χ3v) is 5.77. The molecule has 1 N–H and O–H groups in total. The molecular formula is C26H28N2O3. The van der Waals surface area contributed by atoms with E-state index < -0.39 is 11.7 Å². The number of carbonyl (C=O) groups excluding carboxylic acids is 2. The maximum atomic E-state index is 12.7. The molecule has 0 radical (unpaired) electrons. The lowest BCUT2D eigenvalue weighted by Gasteiger charge is -2.24. The molecule has 2 aromatic carbocycles. The van der Waals surface area contributed by atoms with Gasteiger partial charge in [-0.1, -0.05) is 18.1 Å². The Balaban J connectivity index is 1.41. The average Bonchev–Trinajstić information content (AvgIpc) is 3.46. The molecule has 0 spiro atoms. The number of carbonyl (C=O) groups is 2. The van der Waals surface area contributed by atoms with Crippen molar-refractivity contribution in [2.45, 2.75) is 44.2 Å². The van der Waals surface area contributed by atoms with Crippen LogP contribution in [0.15, 0.2) is 48.5 Å². The Morgan fingerprint density at radius 1 is 1.06 bits per heavy atom. The van der Waals surface area contributed by atoms with Gasteiger partial charge in [-0.15, -0.1) is 6.42 Å². The number of likely N-dealkylation sites (tertiary alicyclic amines) is 1. The molecule has 2 aromatic rings. The maximum absolute atomic E-state index is 12.7. The summed E-state index contributed by atoms with van der Waals surface area (Å²) in [6, 6.07) is 14.5. The van der Waals surface area contributed by atoms with E-state index in [1.807, 2.05) is 24.3 Å². The molecule has 4 rings (SSSR count). The van der Waals surface area contributed by atoms with Crippen molar-refractivity contribution in [1.29, 1.82) is 0 Å². The smallest absolute Gasteiger partial charge is 0.292 e. The minimum atomic E-state index is -0.577. The van der Waals surface area contributed by atoms with E-state index in [0.717, 1.165) is 43.8 Å². The highest BCUT2D eigenvalue weighted by Gasteiger charge is 2.25. The maximum Gasteiger partial charge on any atom is 0.292 e. The van der Waals surface area contributed by atoms with Gasteiger partial charge in [0.25, 0.3) is 5.91 Å². The summed E-state index contributed by atoms with van der Waals surface area (Å²) < 4.78 is 5.82. The van der Waals surface area contributed by atoms with E-state index in [0.29, 0.717) is 23.7 Å². The third kappa shape index (κ3) is 5.96. The van der Waals surface area contributed by atoms with Gasteiger partial charge >= 0.3 is 0 Å². The van der Waals surface area contributed by atoms with Crippen LogP contribution in [0.25, 0.3) is 0 Å². The highest BCUT2D eigenvalue weighted by Crippen LogP contribution is 2.27. The summed E-state index contributed by atoms with van der Waals surface area (Å²) >= 11 is 0. The summed E-state index contributed by atoms with van der Waals surface area (Å²) in [5, 5.41) is 2.97. The fraction of sp³-hybridized carbons (Fsp3) is 0.385. The van der Waals surface area contributed by atoms with Crippen molar-refractivity contribution >= 4 is 11.7 Å². The first kappa shape index (κ1) is 21.1.